The highest BCUT2D eigenvalue weighted by atomic mass is 16.5. The zero-order valence-corrected chi connectivity index (χ0v) is 13.6. The molecule has 0 saturated carbocycles. The van der Waals surface area contributed by atoms with E-state index in [0.29, 0.717) is 11.1 Å². The van der Waals surface area contributed by atoms with Crippen molar-refractivity contribution in [3.05, 3.63) is 47.7 Å². The van der Waals surface area contributed by atoms with Gasteiger partial charge in [0.05, 0.1) is 12.2 Å². The fourth-order valence-electron chi connectivity index (χ4n) is 3.22. The van der Waals surface area contributed by atoms with Gasteiger partial charge in [0.2, 0.25) is 5.60 Å². The fourth-order valence-corrected chi connectivity index (χ4v) is 3.22. The van der Waals surface area contributed by atoms with Crippen LogP contribution in [-0.4, -0.2) is 58.6 Å². The molecule has 7 heteroatoms. The van der Waals surface area contributed by atoms with Gasteiger partial charge in [-0.1, -0.05) is 24.3 Å². The summed E-state index contributed by atoms with van der Waals surface area (Å²) in [7, 11) is 2.77. The first kappa shape index (κ1) is 16.2. The van der Waals surface area contributed by atoms with Crippen LogP contribution >= 0.6 is 0 Å². The lowest BCUT2D eigenvalue weighted by Gasteiger charge is -2.47. The summed E-state index contributed by atoms with van der Waals surface area (Å²) in [6.07, 6.45) is 1.60. The van der Waals surface area contributed by atoms with Gasteiger partial charge in [-0.3, -0.25) is 19.4 Å². The number of amides is 3. The Morgan fingerprint density at radius 3 is 2.42 bits per heavy atom. The van der Waals surface area contributed by atoms with Crippen molar-refractivity contribution in [2.45, 2.75) is 24.7 Å². The summed E-state index contributed by atoms with van der Waals surface area (Å²) >= 11 is 0. The highest BCUT2D eigenvalue weighted by Crippen LogP contribution is 2.44. The first-order chi connectivity index (χ1) is 11.3. The van der Waals surface area contributed by atoms with E-state index in [9.17, 15) is 19.5 Å². The van der Waals surface area contributed by atoms with Gasteiger partial charge < -0.3 is 9.84 Å². The Morgan fingerprint density at radius 1 is 1.21 bits per heavy atom. The van der Waals surface area contributed by atoms with Crippen molar-refractivity contribution >= 4 is 17.7 Å². The topological polar surface area (TPSA) is 87.2 Å². The number of nitrogens with zero attached hydrogens (tertiary/aromatic N) is 2. The Kier molecular flexibility index (Phi) is 3.68. The second kappa shape index (κ2) is 5.45. The van der Waals surface area contributed by atoms with Gasteiger partial charge in [-0.05, 0) is 18.6 Å². The first-order valence-corrected chi connectivity index (χ1v) is 7.49. The second-order valence-electron chi connectivity index (χ2n) is 6.03. The van der Waals surface area contributed by atoms with E-state index >= 15 is 0 Å². The summed E-state index contributed by atoms with van der Waals surface area (Å²) < 4.78 is 5.56. The van der Waals surface area contributed by atoms with Gasteiger partial charge in [0.15, 0.2) is 12.0 Å². The number of hydrogen-bond acceptors (Lipinski definition) is 5. The second-order valence-corrected chi connectivity index (χ2v) is 6.03. The summed E-state index contributed by atoms with van der Waals surface area (Å²) in [5, 5.41) is 10.6. The molecule has 24 heavy (non-hydrogen) atoms. The maximum atomic E-state index is 12.8. The number of urea groups is 1. The molecule has 3 atom stereocenters. The zero-order valence-electron chi connectivity index (χ0n) is 13.6. The monoisotopic (exact) mass is 330 g/mol. The molecule has 1 unspecified atom stereocenters. The Bertz CT molecular complexity index is 742. The zero-order chi connectivity index (χ0) is 17.6. The summed E-state index contributed by atoms with van der Waals surface area (Å²) in [6.45, 7) is 1.47. The van der Waals surface area contributed by atoms with Gasteiger partial charge in [-0.25, -0.2) is 4.79 Å². The van der Waals surface area contributed by atoms with E-state index in [1.165, 1.54) is 27.3 Å². The molecular weight excluding hydrogens is 312 g/mol. The maximum Gasteiger partial charge on any atom is 0.328 e. The van der Waals surface area contributed by atoms with E-state index in [-0.39, 0.29) is 5.78 Å². The minimum atomic E-state index is -1.63. The average molecular weight is 330 g/mol. The molecular formula is C17H18N2O5. The number of Topliss-reactive ketones (excluding diaryl/α,β-unsaturated/α-hetero) is 1. The molecule has 7 nitrogen and oxygen atoms in total. The Morgan fingerprint density at radius 2 is 1.83 bits per heavy atom. The number of ether oxygens (including phenoxy) is 1. The van der Waals surface area contributed by atoms with Gasteiger partial charge in [-0.2, -0.15) is 0 Å². The third kappa shape index (κ3) is 2.05. The van der Waals surface area contributed by atoms with Gasteiger partial charge in [0, 0.05) is 19.7 Å². The number of imide groups is 1. The molecule has 0 bridgehead atoms. The van der Waals surface area contributed by atoms with Crippen molar-refractivity contribution in [2.24, 2.45) is 0 Å². The van der Waals surface area contributed by atoms with Crippen LogP contribution in [0, 0.1) is 0 Å². The fraction of sp³-hybridized carbons (Fsp3) is 0.353. The lowest BCUT2D eigenvalue weighted by Crippen LogP contribution is -2.70. The molecule has 1 saturated heterocycles. The van der Waals surface area contributed by atoms with Crippen molar-refractivity contribution in [2.75, 3.05) is 14.1 Å². The van der Waals surface area contributed by atoms with E-state index in [0.717, 1.165) is 9.80 Å². The summed E-state index contributed by atoms with van der Waals surface area (Å²) in [4.78, 5) is 38.2. The largest absolute Gasteiger partial charge is 0.479 e. The third-order valence-corrected chi connectivity index (χ3v) is 4.65. The minimum Gasteiger partial charge on any atom is -0.479 e. The quantitative estimate of drug-likeness (QED) is 0.821. The van der Waals surface area contributed by atoms with Crippen molar-refractivity contribution in [3.63, 3.8) is 0 Å². The van der Waals surface area contributed by atoms with E-state index in [2.05, 4.69) is 0 Å². The molecule has 1 aromatic carbocycles. The number of benzene rings is 1. The van der Waals surface area contributed by atoms with Crippen LogP contribution in [0.15, 0.2) is 36.6 Å². The normalized spacial score (nSPS) is 29.3. The molecule has 3 amide bonds. The Labute approximate surface area is 139 Å². The number of hydrogen-bond donors (Lipinski definition) is 1. The molecule has 0 aromatic heterocycles. The van der Waals surface area contributed by atoms with Gasteiger partial charge >= 0.3 is 6.03 Å². The van der Waals surface area contributed by atoms with E-state index < -0.39 is 29.7 Å². The molecule has 1 fully saturated rings. The molecule has 1 N–H and O–H groups in total. The summed E-state index contributed by atoms with van der Waals surface area (Å²) in [5.41, 5.74) is -0.372. The number of carbonyl (C=O) groups is 3. The highest BCUT2D eigenvalue weighted by Gasteiger charge is 2.62. The van der Waals surface area contributed by atoms with Gasteiger partial charge in [-0.15, -0.1) is 0 Å². The maximum absolute atomic E-state index is 12.8. The van der Waals surface area contributed by atoms with Crippen molar-refractivity contribution in [1.82, 2.24) is 9.80 Å². The molecule has 2 heterocycles. The minimum absolute atomic E-state index is 0.0617. The summed E-state index contributed by atoms with van der Waals surface area (Å²) in [6, 6.07) is 6.17. The Balaban J connectivity index is 2.05. The molecule has 0 aliphatic carbocycles. The molecule has 2 aliphatic heterocycles. The van der Waals surface area contributed by atoms with Crippen LogP contribution < -0.4 is 0 Å². The summed E-state index contributed by atoms with van der Waals surface area (Å²) in [5.74, 6) is -1.25. The van der Waals surface area contributed by atoms with Crippen LogP contribution in [-0.2, 0) is 9.53 Å². The van der Waals surface area contributed by atoms with Crippen LogP contribution in [0.4, 0.5) is 4.79 Å². The molecule has 1 aromatic rings. The third-order valence-electron chi connectivity index (χ3n) is 4.65. The molecule has 0 radical (unpaired) electrons. The standard InChI is InChI=1S/C17H18N2O5/c1-10(20)11-4-6-12(7-5-11)13-8-9-24-17(13)14(21)18(2)16(23)19(3)15(17)22/h4-9,13-14,21H,1-3H3/t13?,14-,17+/m0/s1. The van der Waals surface area contributed by atoms with Crippen LogP contribution in [0.5, 0.6) is 0 Å². The molecule has 2 aliphatic rings. The molecule has 1 spiro atoms. The van der Waals surface area contributed by atoms with E-state index in [1.807, 2.05) is 0 Å². The van der Waals surface area contributed by atoms with Crippen LogP contribution in [0.1, 0.15) is 28.8 Å². The smallest absolute Gasteiger partial charge is 0.328 e. The van der Waals surface area contributed by atoms with Crippen molar-refractivity contribution < 1.29 is 24.2 Å². The molecule has 126 valence electrons. The highest BCUT2D eigenvalue weighted by molar-refractivity contribution is 6.03. The number of rotatable bonds is 2. The molecule has 3 rings (SSSR count). The lowest BCUT2D eigenvalue weighted by molar-refractivity contribution is -0.184. The van der Waals surface area contributed by atoms with E-state index in [1.54, 1.807) is 30.3 Å². The lowest BCUT2D eigenvalue weighted by atomic mass is 9.79. The predicted octanol–water partition coefficient (Wildman–Crippen LogP) is 1.10. The van der Waals surface area contributed by atoms with Crippen molar-refractivity contribution in [3.8, 4) is 0 Å². The van der Waals surface area contributed by atoms with E-state index in [4.69, 9.17) is 4.74 Å². The number of aliphatic hydroxyl groups is 1. The van der Waals surface area contributed by atoms with Crippen molar-refractivity contribution in [1.29, 1.82) is 0 Å². The van der Waals surface area contributed by atoms with Crippen LogP contribution in [0.2, 0.25) is 0 Å². The number of likely N-dealkylation sites (N-methyl/N-ethyl adjacent to an activating group) is 2. The SMILES string of the molecule is CC(=O)c1ccc(C2C=CO[C@]23C(=O)N(C)C(=O)N(C)[C@H]3O)cc1. The van der Waals surface area contributed by atoms with Crippen LogP contribution in [0.3, 0.4) is 0 Å². The first-order valence-electron chi connectivity index (χ1n) is 7.49. The predicted molar refractivity (Wildman–Crippen MR) is 84.1 cm³/mol. The number of ketones is 1. The van der Waals surface area contributed by atoms with Gasteiger partial charge in [0.1, 0.15) is 0 Å². The van der Waals surface area contributed by atoms with Crippen LogP contribution in [0.25, 0.3) is 0 Å². The Hall–Kier alpha value is -2.67. The number of aliphatic hydroxyl groups excluding tert-OH is 1. The van der Waals surface area contributed by atoms with Gasteiger partial charge in [0.25, 0.3) is 5.91 Å². The average Bonchev–Trinajstić information content (AvgIpc) is 3.03. The number of carbonyl (C=O) groups excluding carboxylic acids is 3.